The van der Waals surface area contributed by atoms with E-state index in [9.17, 15) is 0 Å². The van der Waals surface area contributed by atoms with E-state index in [0.717, 1.165) is 24.5 Å². The van der Waals surface area contributed by atoms with Crippen molar-refractivity contribution >= 4 is 23.1 Å². The molecule has 2 nitrogen and oxygen atoms in total. The maximum absolute atomic E-state index is 5.36. The molecule has 4 heteroatoms. The fraction of sp³-hybridized carbons (Fsp3) is 0.571. The van der Waals surface area contributed by atoms with Crippen LogP contribution in [0.3, 0.4) is 0 Å². The molecule has 0 saturated carbocycles. The van der Waals surface area contributed by atoms with Crippen molar-refractivity contribution in [1.29, 1.82) is 0 Å². The maximum atomic E-state index is 5.36. The third kappa shape index (κ3) is 3.74. The van der Waals surface area contributed by atoms with Crippen molar-refractivity contribution in [3.8, 4) is 0 Å². The van der Waals surface area contributed by atoms with Gasteiger partial charge in [0.05, 0.1) is 5.51 Å². The number of aromatic nitrogens is 1. The average molecular weight is 188 g/mol. The van der Waals surface area contributed by atoms with Gasteiger partial charge in [-0.15, -0.1) is 11.3 Å². The molecule has 0 aromatic carbocycles. The van der Waals surface area contributed by atoms with Gasteiger partial charge in [-0.2, -0.15) is 11.8 Å². The fourth-order valence-corrected chi connectivity index (χ4v) is 2.36. The van der Waals surface area contributed by atoms with Gasteiger partial charge >= 0.3 is 0 Å². The quantitative estimate of drug-likeness (QED) is 0.715. The minimum absolute atomic E-state index is 0.801. The van der Waals surface area contributed by atoms with Gasteiger partial charge in [-0.1, -0.05) is 0 Å². The highest BCUT2D eigenvalue weighted by molar-refractivity contribution is 7.98. The molecule has 0 unspecified atom stereocenters. The molecule has 0 bridgehead atoms. The predicted molar refractivity (Wildman–Crippen MR) is 51.9 cm³/mol. The molecule has 0 fully saturated rings. The van der Waals surface area contributed by atoms with E-state index in [4.69, 9.17) is 5.73 Å². The fourth-order valence-electron chi connectivity index (χ4n) is 0.672. The van der Waals surface area contributed by atoms with Crippen LogP contribution in [-0.2, 0) is 5.75 Å². The Bertz CT molecular complexity index is 175. The van der Waals surface area contributed by atoms with E-state index in [-0.39, 0.29) is 0 Å². The number of nitrogens with zero attached hydrogens (tertiary/aromatic N) is 1. The molecular weight excluding hydrogens is 176 g/mol. The number of hydrogen-bond acceptors (Lipinski definition) is 4. The van der Waals surface area contributed by atoms with Crippen LogP contribution >= 0.6 is 23.1 Å². The van der Waals surface area contributed by atoms with E-state index < -0.39 is 0 Å². The van der Waals surface area contributed by atoms with Crippen LogP contribution in [0, 0.1) is 0 Å². The van der Waals surface area contributed by atoms with Crippen molar-refractivity contribution in [2.24, 2.45) is 5.73 Å². The van der Waals surface area contributed by atoms with Gasteiger partial charge < -0.3 is 5.73 Å². The molecule has 0 saturated heterocycles. The number of thiazole rings is 1. The summed E-state index contributed by atoms with van der Waals surface area (Å²) in [6.45, 7) is 0.801. The van der Waals surface area contributed by atoms with Gasteiger partial charge in [0, 0.05) is 16.8 Å². The van der Waals surface area contributed by atoms with Crippen molar-refractivity contribution in [2.75, 3.05) is 12.3 Å². The Labute approximate surface area is 75.2 Å². The zero-order chi connectivity index (χ0) is 7.94. The molecule has 0 aliphatic heterocycles. The normalized spacial score (nSPS) is 10.3. The third-order valence-electron chi connectivity index (χ3n) is 1.22. The summed E-state index contributed by atoms with van der Waals surface area (Å²) in [5.41, 5.74) is 7.24. The molecule has 0 amide bonds. The van der Waals surface area contributed by atoms with Gasteiger partial charge in [-0.05, 0) is 18.7 Å². The molecule has 1 aromatic heterocycles. The van der Waals surface area contributed by atoms with Crippen LogP contribution in [0.4, 0.5) is 0 Å². The first kappa shape index (κ1) is 9.03. The van der Waals surface area contributed by atoms with Crippen LogP contribution in [0.2, 0.25) is 0 Å². The van der Waals surface area contributed by atoms with Crippen molar-refractivity contribution in [1.82, 2.24) is 4.98 Å². The Hall–Kier alpha value is -0.0600. The molecule has 1 aromatic rings. The lowest BCUT2D eigenvalue weighted by Crippen LogP contribution is -1.99. The number of thioether (sulfide) groups is 1. The minimum Gasteiger partial charge on any atom is -0.330 e. The standard InChI is InChI=1S/C7H12N2S2/c8-2-1-3-10-5-7-4-9-6-11-7/h4,6H,1-3,5,8H2. The number of nitrogens with two attached hydrogens (primary N) is 1. The number of rotatable bonds is 5. The Morgan fingerprint density at radius 3 is 3.18 bits per heavy atom. The Kier molecular flexibility index (Phi) is 4.58. The van der Waals surface area contributed by atoms with E-state index in [2.05, 4.69) is 4.98 Å². The first-order valence-electron chi connectivity index (χ1n) is 3.58. The number of hydrogen-bond donors (Lipinski definition) is 1. The van der Waals surface area contributed by atoms with Gasteiger partial charge in [0.25, 0.3) is 0 Å². The van der Waals surface area contributed by atoms with Gasteiger partial charge in [-0.3, -0.25) is 4.98 Å². The second-order valence-electron chi connectivity index (χ2n) is 2.16. The van der Waals surface area contributed by atoms with E-state index in [1.54, 1.807) is 11.3 Å². The summed E-state index contributed by atoms with van der Waals surface area (Å²) in [6.07, 6.45) is 3.05. The Morgan fingerprint density at radius 2 is 2.55 bits per heavy atom. The summed E-state index contributed by atoms with van der Waals surface area (Å²) >= 11 is 3.64. The second-order valence-corrected chi connectivity index (χ2v) is 4.24. The molecule has 2 N–H and O–H groups in total. The molecule has 62 valence electrons. The van der Waals surface area contributed by atoms with Crippen LogP contribution in [0.5, 0.6) is 0 Å². The molecule has 0 aliphatic rings. The van der Waals surface area contributed by atoms with E-state index in [1.807, 2.05) is 23.5 Å². The minimum atomic E-state index is 0.801. The lowest BCUT2D eigenvalue weighted by atomic mass is 10.5. The van der Waals surface area contributed by atoms with Crippen molar-refractivity contribution in [3.05, 3.63) is 16.6 Å². The molecule has 0 atom stereocenters. The lowest BCUT2D eigenvalue weighted by molar-refractivity contribution is 0.943. The second kappa shape index (κ2) is 5.57. The highest BCUT2D eigenvalue weighted by Gasteiger charge is 1.93. The largest absolute Gasteiger partial charge is 0.330 e. The van der Waals surface area contributed by atoms with Gasteiger partial charge in [0.1, 0.15) is 0 Å². The molecule has 0 aliphatic carbocycles. The summed E-state index contributed by atoms with van der Waals surface area (Å²) in [5, 5.41) is 0. The van der Waals surface area contributed by atoms with Gasteiger partial charge in [0.15, 0.2) is 0 Å². The third-order valence-corrected chi connectivity index (χ3v) is 3.28. The van der Waals surface area contributed by atoms with E-state index in [0.29, 0.717) is 0 Å². The van der Waals surface area contributed by atoms with Crippen LogP contribution in [0.1, 0.15) is 11.3 Å². The molecule has 1 rings (SSSR count). The first-order valence-corrected chi connectivity index (χ1v) is 5.62. The molecule has 1 heterocycles. The summed E-state index contributed by atoms with van der Waals surface area (Å²) in [5.74, 6) is 2.25. The Balaban J connectivity index is 2.04. The van der Waals surface area contributed by atoms with Crippen molar-refractivity contribution < 1.29 is 0 Å². The topological polar surface area (TPSA) is 38.9 Å². The summed E-state index contributed by atoms with van der Waals surface area (Å²) in [4.78, 5) is 5.36. The highest BCUT2D eigenvalue weighted by atomic mass is 32.2. The van der Waals surface area contributed by atoms with Crippen molar-refractivity contribution in [3.63, 3.8) is 0 Å². The highest BCUT2D eigenvalue weighted by Crippen LogP contribution is 2.15. The van der Waals surface area contributed by atoms with Crippen molar-refractivity contribution in [2.45, 2.75) is 12.2 Å². The SMILES string of the molecule is NCCCSCc1cncs1. The van der Waals surface area contributed by atoms with Gasteiger partial charge in [-0.25, -0.2) is 0 Å². The van der Waals surface area contributed by atoms with Gasteiger partial charge in [0.2, 0.25) is 0 Å². The molecule has 0 spiro atoms. The summed E-state index contributed by atoms with van der Waals surface area (Å²) < 4.78 is 0. The smallest absolute Gasteiger partial charge is 0.0794 e. The van der Waals surface area contributed by atoms with Crippen LogP contribution in [0.25, 0.3) is 0 Å². The predicted octanol–water partition coefficient (Wildman–Crippen LogP) is 1.73. The average Bonchev–Trinajstić information content (AvgIpc) is 2.50. The Morgan fingerprint density at radius 1 is 1.64 bits per heavy atom. The molecule has 0 radical (unpaired) electrons. The maximum Gasteiger partial charge on any atom is 0.0794 e. The monoisotopic (exact) mass is 188 g/mol. The molecular formula is C7H12N2S2. The first-order chi connectivity index (χ1) is 5.43. The van der Waals surface area contributed by atoms with Crippen LogP contribution in [-0.4, -0.2) is 17.3 Å². The molecule has 11 heavy (non-hydrogen) atoms. The summed E-state index contributed by atoms with van der Waals surface area (Å²) in [7, 11) is 0. The van der Waals surface area contributed by atoms with E-state index in [1.165, 1.54) is 4.88 Å². The lowest BCUT2D eigenvalue weighted by Gasteiger charge is -1.95. The summed E-state index contributed by atoms with van der Waals surface area (Å²) in [6, 6.07) is 0. The van der Waals surface area contributed by atoms with Crippen LogP contribution in [0.15, 0.2) is 11.7 Å². The zero-order valence-electron chi connectivity index (χ0n) is 6.32. The van der Waals surface area contributed by atoms with Crippen LogP contribution < -0.4 is 5.73 Å². The van der Waals surface area contributed by atoms with E-state index >= 15 is 0 Å². The zero-order valence-corrected chi connectivity index (χ0v) is 7.96.